The summed E-state index contributed by atoms with van der Waals surface area (Å²) in [6.45, 7) is 5.91. The van der Waals surface area contributed by atoms with Crippen molar-refractivity contribution in [3.63, 3.8) is 0 Å². The first-order chi connectivity index (χ1) is 14.5. The smallest absolute Gasteiger partial charge is 0.343 e. The Morgan fingerprint density at radius 1 is 0.867 bits per heavy atom. The number of halogens is 1. The van der Waals surface area contributed by atoms with Gasteiger partial charge in [-0.3, -0.25) is 0 Å². The molecule has 5 nitrogen and oxygen atoms in total. The number of fused-ring (bicyclic) bond motifs is 2. The van der Waals surface area contributed by atoms with Gasteiger partial charge in [0.05, 0.1) is 5.56 Å². The summed E-state index contributed by atoms with van der Waals surface area (Å²) in [5, 5.41) is 2.03. The van der Waals surface area contributed by atoms with E-state index < -0.39 is 11.3 Å². The fourth-order valence-electron chi connectivity index (χ4n) is 3.50. The summed E-state index contributed by atoms with van der Waals surface area (Å²) < 4.78 is 10.8. The van der Waals surface area contributed by atoms with Crippen LogP contribution in [0.5, 0.6) is 0 Å². The van der Waals surface area contributed by atoms with Crippen molar-refractivity contribution >= 4 is 51.4 Å². The molecule has 0 atom stereocenters. The van der Waals surface area contributed by atoms with Crippen LogP contribution in [0.4, 0.5) is 5.69 Å². The molecular formula is C24H20ClNO4. The van der Waals surface area contributed by atoms with Gasteiger partial charge in [-0.15, -0.1) is 0 Å². The number of anilines is 1. The van der Waals surface area contributed by atoms with E-state index in [0.29, 0.717) is 27.3 Å². The number of hydrogen-bond acceptors (Lipinski definition) is 5. The molecule has 4 aromatic rings. The zero-order valence-corrected chi connectivity index (χ0v) is 17.4. The van der Waals surface area contributed by atoms with Gasteiger partial charge in [0.1, 0.15) is 11.2 Å². The maximum Gasteiger partial charge on any atom is 0.343 e. The van der Waals surface area contributed by atoms with Gasteiger partial charge >= 0.3 is 11.3 Å². The highest BCUT2D eigenvalue weighted by Gasteiger charge is 2.08. The molecule has 0 radical (unpaired) electrons. The van der Waals surface area contributed by atoms with E-state index in [1.165, 1.54) is 6.07 Å². The van der Waals surface area contributed by atoms with Crippen LogP contribution in [-0.2, 0) is 0 Å². The van der Waals surface area contributed by atoms with Gasteiger partial charge in [0.15, 0.2) is 0 Å². The fraction of sp³-hybridized carbons (Fsp3) is 0.167. The normalized spacial score (nSPS) is 11.6. The van der Waals surface area contributed by atoms with Crippen molar-refractivity contribution in [2.24, 2.45) is 0 Å². The Hall–Kier alpha value is -3.31. The van der Waals surface area contributed by atoms with Gasteiger partial charge in [-0.05, 0) is 55.8 Å². The predicted octanol–water partition coefficient (Wildman–Crippen LogP) is 5.57. The molecule has 4 rings (SSSR count). The van der Waals surface area contributed by atoms with Crippen molar-refractivity contribution < 1.29 is 8.83 Å². The highest BCUT2D eigenvalue weighted by Crippen LogP contribution is 2.24. The Bertz CT molecular complexity index is 1380. The van der Waals surface area contributed by atoms with Crippen LogP contribution < -0.4 is 16.2 Å². The minimum Gasteiger partial charge on any atom is -0.423 e. The Labute approximate surface area is 177 Å². The van der Waals surface area contributed by atoms with Crippen LogP contribution in [0, 0.1) is 0 Å². The van der Waals surface area contributed by atoms with Gasteiger partial charge in [-0.1, -0.05) is 17.7 Å². The molecule has 152 valence electrons. The maximum atomic E-state index is 12.5. The molecule has 6 heteroatoms. The molecule has 0 N–H and O–H groups in total. The minimum atomic E-state index is -0.487. The monoisotopic (exact) mass is 421 g/mol. The van der Waals surface area contributed by atoms with Crippen LogP contribution in [0.15, 0.2) is 67.0 Å². The van der Waals surface area contributed by atoms with Crippen molar-refractivity contribution in [2.75, 3.05) is 18.0 Å². The van der Waals surface area contributed by atoms with Crippen molar-refractivity contribution in [2.45, 2.75) is 13.8 Å². The number of rotatable bonds is 5. The summed E-state index contributed by atoms with van der Waals surface area (Å²) in [6, 6.07) is 14.1. The summed E-state index contributed by atoms with van der Waals surface area (Å²) in [7, 11) is 0. The predicted molar refractivity (Wildman–Crippen MR) is 122 cm³/mol. The van der Waals surface area contributed by atoms with Gasteiger partial charge in [-0.2, -0.15) is 0 Å². The second-order valence-corrected chi connectivity index (χ2v) is 7.31. The number of nitrogens with zero attached hydrogens (tertiary/aromatic N) is 1. The third-order valence-electron chi connectivity index (χ3n) is 5.06. The second kappa shape index (κ2) is 8.20. The number of benzene rings is 2. The highest BCUT2D eigenvalue weighted by atomic mass is 35.5. The minimum absolute atomic E-state index is 0.393. The quantitative estimate of drug-likeness (QED) is 0.394. The molecule has 2 aromatic carbocycles. The SMILES string of the molecule is CCN(CC)c1ccc2cc(/C=C/c3cc(=O)oc4cc(Cl)ccc34)c(=O)oc2c1. The van der Waals surface area contributed by atoms with E-state index in [-0.39, 0.29) is 0 Å². The lowest BCUT2D eigenvalue weighted by atomic mass is 10.1. The van der Waals surface area contributed by atoms with Crippen LogP contribution >= 0.6 is 11.6 Å². The molecule has 0 aliphatic rings. The molecule has 2 heterocycles. The van der Waals surface area contributed by atoms with Crippen LogP contribution in [0.2, 0.25) is 5.02 Å². The Morgan fingerprint density at radius 2 is 1.63 bits per heavy atom. The van der Waals surface area contributed by atoms with E-state index in [4.69, 9.17) is 20.4 Å². The summed E-state index contributed by atoms with van der Waals surface area (Å²) >= 11 is 5.98. The average molecular weight is 422 g/mol. The Kier molecular flexibility index (Phi) is 5.46. The lowest BCUT2D eigenvalue weighted by molar-refractivity contribution is 0.559. The molecule has 0 spiro atoms. The topological polar surface area (TPSA) is 63.7 Å². The lowest BCUT2D eigenvalue weighted by Gasteiger charge is -2.20. The van der Waals surface area contributed by atoms with Gasteiger partial charge < -0.3 is 13.7 Å². The molecule has 0 saturated heterocycles. The van der Waals surface area contributed by atoms with E-state index in [9.17, 15) is 9.59 Å². The second-order valence-electron chi connectivity index (χ2n) is 6.88. The largest absolute Gasteiger partial charge is 0.423 e. The van der Waals surface area contributed by atoms with Gasteiger partial charge in [0.2, 0.25) is 0 Å². The number of hydrogen-bond donors (Lipinski definition) is 0. The summed E-state index contributed by atoms with van der Waals surface area (Å²) in [5.41, 5.74) is 2.05. The summed E-state index contributed by atoms with van der Waals surface area (Å²) in [6.07, 6.45) is 3.35. The van der Waals surface area contributed by atoms with E-state index in [0.717, 1.165) is 29.5 Å². The average Bonchev–Trinajstić information content (AvgIpc) is 2.72. The van der Waals surface area contributed by atoms with Crippen LogP contribution in [-0.4, -0.2) is 13.1 Å². The van der Waals surface area contributed by atoms with Crippen molar-refractivity contribution in [1.29, 1.82) is 0 Å². The maximum absolute atomic E-state index is 12.5. The highest BCUT2D eigenvalue weighted by molar-refractivity contribution is 6.31. The fourth-order valence-corrected chi connectivity index (χ4v) is 3.66. The molecule has 30 heavy (non-hydrogen) atoms. The van der Waals surface area contributed by atoms with E-state index in [2.05, 4.69) is 18.7 Å². The third-order valence-corrected chi connectivity index (χ3v) is 5.29. The Morgan fingerprint density at radius 3 is 2.40 bits per heavy atom. The van der Waals surface area contributed by atoms with Crippen molar-refractivity contribution in [3.8, 4) is 0 Å². The standard InChI is InChI=1S/C24H20ClNO4/c1-3-26(4-2)19-9-7-16-11-17(24(28)30-21(16)14-19)6-5-15-12-23(27)29-22-13-18(25)8-10-20(15)22/h5-14H,3-4H2,1-2H3/b6-5+. The molecule has 0 aliphatic heterocycles. The first kappa shape index (κ1) is 20.0. The molecule has 0 fully saturated rings. The molecule has 0 amide bonds. The third kappa shape index (κ3) is 3.89. The molecule has 2 aromatic heterocycles. The molecule has 0 aliphatic carbocycles. The van der Waals surface area contributed by atoms with Crippen LogP contribution in [0.3, 0.4) is 0 Å². The molecule has 0 saturated carbocycles. The lowest BCUT2D eigenvalue weighted by Crippen LogP contribution is -2.21. The van der Waals surface area contributed by atoms with Crippen molar-refractivity contribution in [1.82, 2.24) is 0 Å². The van der Waals surface area contributed by atoms with Gasteiger partial charge in [-0.25, -0.2) is 9.59 Å². The first-order valence-corrected chi connectivity index (χ1v) is 10.1. The van der Waals surface area contributed by atoms with E-state index in [1.54, 1.807) is 36.4 Å². The zero-order chi connectivity index (χ0) is 21.3. The Balaban J connectivity index is 1.76. The molecule has 0 unspecified atom stereocenters. The van der Waals surface area contributed by atoms with Gasteiger partial charge in [0.25, 0.3) is 0 Å². The van der Waals surface area contributed by atoms with E-state index >= 15 is 0 Å². The zero-order valence-electron chi connectivity index (χ0n) is 16.6. The first-order valence-electron chi connectivity index (χ1n) is 9.73. The summed E-state index contributed by atoms with van der Waals surface area (Å²) in [5.74, 6) is 0. The van der Waals surface area contributed by atoms with Crippen LogP contribution in [0.25, 0.3) is 34.1 Å². The summed E-state index contributed by atoms with van der Waals surface area (Å²) in [4.78, 5) is 26.6. The van der Waals surface area contributed by atoms with Gasteiger partial charge in [0, 0.05) is 52.8 Å². The molecule has 0 bridgehead atoms. The molecular weight excluding hydrogens is 402 g/mol. The van der Waals surface area contributed by atoms with Crippen LogP contribution in [0.1, 0.15) is 25.0 Å². The van der Waals surface area contributed by atoms with Crippen molar-refractivity contribution in [3.05, 3.63) is 85.5 Å². The van der Waals surface area contributed by atoms with E-state index in [1.807, 2.05) is 18.2 Å².